The Bertz CT molecular complexity index is 773. The van der Waals surface area contributed by atoms with Crippen LogP contribution in [0.2, 0.25) is 0 Å². The zero-order chi connectivity index (χ0) is 18.9. The van der Waals surface area contributed by atoms with Crippen LogP contribution in [0.25, 0.3) is 5.69 Å². The van der Waals surface area contributed by atoms with Crippen molar-refractivity contribution in [1.29, 1.82) is 0 Å². The molecule has 0 saturated heterocycles. The maximum atomic E-state index is 12.2. The monoisotopic (exact) mass is 360 g/mol. The molecule has 2 aromatic rings. The molecular weight excluding hydrogens is 340 g/mol. The minimum absolute atomic E-state index is 0.152. The number of nitrogens with one attached hydrogen (secondary N) is 1. The quantitative estimate of drug-likeness (QED) is 0.381. The summed E-state index contributed by atoms with van der Waals surface area (Å²) >= 11 is 0. The third-order valence-electron chi connectivity index (χ3n) is 3.82. The van der Waals surface area contributed by atoms with Crippen LogP contribution in [-0.2, 0) is 4.79 Å². The van der Waals surface area contributed by atoms with Crippen molar-refractivity contribution in [2.75, 3.05) is 6.54 Å². The summed E-state index contributed by atoms with van der Waals surface area (Å²) in [5.74, 6) is -1.19. The molecule has 0 atom stereocenters. The number of aliphatic carboxylic acids is 1. The van der Waals surface area contributed by atoms with Gasteiger partial charge in [-0.1, -0.05) is 12.8 Å². The van der Waals surface area contributed by atoms with E-state index in [1.165, 1.54) is 35.3 Å². The first-order valence-electron chi connectivity index (χ1n) is 8.26. The topological polar surface area (TPSA) is 127 Å². The minimum Gasteiger partial charge on any atom is -0.481 e. The fraction of sp³-hybridized carbons (Fsp3) is 0.353. The van der Waals surface area contributed by atoms with Gasteiger partial charge in [0, 0.05) is 37.0 Å². The Hall–Kier alpha value is -3.23. The second-order valence-electron chi connectivity index (χ2n) is 5.74. The van der Waals surface area contributed by atoms with E-state index in [-0.39, 0.29) is 23.6 Å². The van der Waals surface area contributed by atoms with E-state index in [9.17, 15) is 19.7 Å². The summed E-state index contributed by atoms with van der Waals surface area (Å²) in [6.07, 6.45) is 7.64. The van der Waals surface area contributed by atoms with E-state index >= 15 is 0 Å². The van der Waals surface area contributed by atoms with Crippen LogP contribution in [-0.4, -0.2) is 38.0 Å². The fourth-order valence-electron chi connectivity index (χ4n) is 2.49. The van der Waals surface area contributed by atoms with Crippen molar-refractivity contribution in [2.24, 2.45) is 0 Å². The third-order valence-corrected chi connectivity index (χ3v) is 3.82. The van der Waals surface area contributed by atoms with Crippen molar-refractivity contribution in [1.82, 2.24) is 14.9 Å². The number of nitrogens with zero attached hydrogens (tertiary/aromatic N) is 3. The van der Waals surface area contributed by atoms with E-state index in [4.69, 9.17) is 5.11 Å². The SMILES string of the molecule is O=C(O)CCCCCCNC(=O)c1ccc(-n2ccnc2)c([N+](=O)[O-])c1. The fourth-order valence-corrected chi connectivity index (χ4v) is 2.49. The lowest BCUT2D eigenvalue weighted by atomic mass is 10.1. The molecular formula is C17H20N4O5. The molecule has 2 rings (SSSR count). The van der Waals surface area contributed by atoms with E-state index in [1.54, 1.807) is 6.20 Å². The number of aromatic nitrogens is 2. The van der Waals surface area contributed by atoms with E-state index in [2.05, 4.69) is 10.3 Å². The van der Waals surface area contributed by atoms with Gasteiger partial charge in [-0.15, -0.1) is 0 Å². The molecule has 0 unspecified atom stereocenters. The Kier molecular flexibility index (Phi) is 6.84. The summed E-state index contributed by atoms with van der Waals surface area (Å²) in [6.45, 7) is 0.434. The molecule has 9 heteroatoms. The van der Waals surface area contributed by atoms with Crippen molar-refractivity contribution in [2.45, 2.75) is 32.1 Å². The highest BCUT2D eigenvalue weighted by molar-refractivity contribution is 5.95. The van der Waals surface area contributed by atoms with Gasteiger partial charge in [0.2, 0.25) is 0 Å². The molecule has 0 aliphatic rings. The number of unbranched alkanes of at least 4 members (excludes halogenated alkanes) is 3. The van der Waals surface area contributed by atoms with Crippen LogP contribution in [0.3, 0.4) is 0 Å². The third kappa shape index (κ3) is 5.40. The molecule has 1 heterocycles. The number of carboxylic acids is 1. The number of nitro groups is 1. The first-order chi connectivity index (χ1) is 12.5. The maximum Gasteiger partial charge on any atom is 0.303 e. The van der Waals surface area contributed by atoms with Crippen molar-refractivity contribution in [3.63, 3.8) is 0 Å². The van der Waals surface area contributed by atoms with Gasteiger partial charge in [0.1, 0.15) is 5.69 Å². The lowest BCUT2D eigenvalue weighted by molar-refractivity contribution is -0.384. The number of imidazole rings is 1. The molecule has 1 amide bonds. The van der Waals surface area contributed by atoms with Crippen molar-refractivity contribution >= 4 is 17.6 Å². The summed E-state index contributed by atoms with van der Waals surface area (Å²) in [6, 6.07) is 4.29. The number of carboxylic acid groups (broad SMARTS) is 1. The largest absolute Gasteiger partial charge is 0.481 e. The summed E-state index contributed by atoms with van der Waals surface area (Å²) in [5, 5.41) is 22.6. The molecule has 138 valence electrons. The van der Waals surface area contributed by atoms with Crippen LogP contribution >= 0.6 is 0 Å². The standard InChI is InChI=1S/C17H20N4O5/c22-16(23)5-3-1-2-4-8-19-17(24)13-6-7-14(15(11-13)21(25)26)20-10-9-18-12-20/h6-7,9-12H,1-5,8H2,(H,19,24)(H,22,23). The normalized spacial score (nSPS) is 10.5. The molecule has 0 radical (unpaired) electrons. The van der Waals surface area contributed by atoms with Crippen LogP contribution in [0, 0.1) is 10.1 Å². The number of rotatable bonds is 10. The van der Waals surface area contributed by atoms with Gasteiger partial charge >= 0.3 is 5.97 Å². The predicted molar refractivity (Wildman–Crippen MR) is 93.3 cm³/mol. The highest BCUT2D eigenvalue weighted by Gasteiger charge is 2.18. The summed E-state index contributed by atoms with van der Waals surface area (Å²) in [4.78, 5) is 37.2. The van der Waals surface area contributed by atoms with Gasteiger partial charge in [-0.2, -0.15) is 0 Å². The second kappa shape index (κ2) is 9.30. The van der Waals surface area contributed by atoms with Crippen LogP contribution < -0.4 is 5.32 Å². The van der Waals surface area contributed by atoms with Gasteiger partial charge in [0.25, 0.3) is 11.6 Å². The Balaban J connectivity index is 1.90. The van der Waals surface area contributed by atoms with Crippen LogP contribution in [0.4, 0.5) is 5.69 Å². The maximum absolute atomic E-state index is 12.2. The number of carbonyl (C=O) groups excluding carboxylic acids is 1. The van der Waals surface area contributed by atoms with Gasteiger partial charge < -0.3 is 15.0 Å². The molecule has 2 N–H and O–H groups in total. The van der Waals surface area contributed by atoms with Crippen LogP contribution in [0.5, 0.6) is 0 Å². The zero-order valence-corrected chi connectivity index (χ0v) is 14.1. The number of benzene rings is 1. The van der Waals surface area contributed by atoms with Gasteiger partial charge in [-0.05, 0) is 25.0 Å². The Morgan fingerprint density at radius 1 is 1.23 bits per heavy atom. The lowest BCUT2D eigenvalue weighted by Crippen LogP contribution is -2.24. The average molecular weight is 360 g/mol. The Morgan fingerprint density at radius 2 is 2.00 bits per heavy atom. The van der Waals surface area contributed by atoms with E-state index in [0.717, 1.165) is 19.3 Å². The van der Waals surface area contributed by atoms with Crippen LogP contribution in [0.15, 0.2) is 36.9 Å². The molecule has 1 aromatic carbocycles. The first kappa shape index (κ1) is 19.1. The highest BCUT2D eigenvalue weighted by Crippen LogP contribution is 2.24. The molecule has 9 nitrogen and oxygen atoms in total. The number of amides is 1. The van der Waals surface area contributed by atoms with E-state index in [1.807, 2.05) is 0 Å². The second-order valence-corrected chi connectivity index (χ2v) is 5.74. The first-order valence-corrected chi connectivity index (χ1v) is 8.26. The molecule has 26 heavy (non-hydrogen) atoms. The van der Waals surface area contributed by atoms with Crippen molar-refractivity contribution in [3.8, 4) is 5.69 Å². The van der Waals surface area contributed by atoms with Crippen molar-refractivity contribution < 1.29 is 19.6 Å². The Labute approximate surface area is 149 Å². The molecule has 0 bridgehead atoms. The number of nitro benzene ring substituents is 1. The van der Waals surface area contributed by atoms with Gasteiger partial charge in [-0.3, -0.25) is 19.7 Å². The summed E-state index contributed by atoms with van der Waals surface area (Å²) in [7, 11) is 0. The summed E-state index contributed by atoms with van der Waals surface area (Å²) in [5.41, 5.74) is 0.373. The predicted octanol–water partition coefficient (Wildman–Crippen LogP) is 2.55. The lowest BCUT2D eigenvalue weighted by Gasteiger charge is -2.08. The van der Waals surface area contributed by atoms with Crippen LogP contribution in [0.1, 0.15) is 42.5 Å². The van der Waals surface area contributed by atoms with E-state index in [0.29, 0.717) is 18.7 Å². The van der Waals surface area contributed by atoms with Gasteiger partial charge in [0.15, 0.2) is 0 Å². The minimum atomic E-state index is -0.806. The molecule has 0 saturated carbocycles. The van der Waals surface area contributed by atoms with Gasteiger partial charge in [0.05, 0.1) is 11.3 Å². The van der Waals surface area contributed by atoms with Gasteiger partial charge in [-0.25, -0.2) is 4.98 Å². The molecule has 0 fully saturated rings. The molecule has 0 spiro atoms. The molecule has 1 aromatic heterocycles. The average Bonchev–Trinajstić information content (AvgIpc) is 3.14. The summed E-state index contributed by atoms with van der Waals surface area (Å²) < 4.78 is 1.51. The smallest absolute Gasteiger partial charge is 0.303 e. The highest BCUT2D eigenvalue weighted by atomic mass is 16.6. The van der Waals surface area contributed by atoms with Crippen molar-refractivity contribution in [3.05, 3.63) is 52.6 Å². The molecule has 0 aliphatic heterocycles. The molecule has 0 aliphatic carbocycles. The number of hydrogen-bond acceptors (Lipinski definition) is 5. The zero-order valence-electron chi connectivity index (χ0n) is 14.1. The number of carbonyl (C=O) groups is 2. The number of hydrogen-bond donors (Lipinski definition) is 2. The van der Waals surface area contributed by atoms with E-state index < -0.39 is 10.9 Å². The Morgan fingerprint density at radius 3 is 2.65 bits per heavy atom.